The molecule has 28 heavy (non-hydrogen) atoms. The third kappa shape index (κ3) is 5.70. The Morgan fingerprint density at radius 1 is 1.21 bits per heavy atom. The fraction of sp³-hybridized carbons (Fsp3) is 0.211. The van der Waals surface area contributed by atoms with E-state index >= 15 is 0 Å². The Morgan fingerprint density at radius 2 is 2.04 bits per heavy atom. The highest BCUT2D eigenvalue weighted by atomic mass is 79.9. The quantitative estimate of drug-likeness (QED) is 0.417. The van der Waals surface area contributed by atoms with Crippen molar-refractivity contribution in [1.29, 1.82) is 0 Å². The van der Waals surface area contributed by atoms with Crippen molar-refractivity contribution in [2.24, 2.45) is 0 Å². The summed E-state index contributed by atoms with van der Waals surface area (Å²) >= 11 is 6.20. The second kappa shape index (κ2) is 9.90. The minimum Gasteiger partial charge on any atom is -0.492 e. The summed E-state index contributed by atoms with van der Waals surface area (Å²) in [4.78, 5) is 12.2. The lowest BCUT2D eigenvalue weighted by molar-refractivity contribution is -0.113. The number of para-hydroxylation sites is 2. The monoisotopic (exact) mass is 478 g/mol. The van der Waals surface area contributed by atoms with Gasteiger partial charge in [-0.1, -0.05) is 41.3 Å². The number of carbonyl (C=O) groups excluding carboxylic acids is 1. The highest BCUT2D eigenvalue weighted by Gasteiger charge is 2.11. The predicted molar refractivity (Wildman–Crippen MR) is 119 cm³/mol. The highest BCUT2D eigenvalue weighted by molar-refractivity contribution is 9.10. The maximum atomic E-state index is 12.2. The van der Waals surface area contributed by atoms with Gasteiger partial charge in [0.1, 0.15) is 5.75 Å². The molecule has 0 saturated carbocycles. The average molecular weight is 479 g/mol. The number of benzene rings is 2. The first-order valence-electron chi connectivity index (χ1n) is 8.56. The molecule has 1 heterocycles. The lowest BCUT2D eigenvalue weighted by atomic mass is 10.2. The van der Waals surface area contributed by atoms with Gasteiger partial charge >= 0.3 is 0 Å². The molecule has 2 aromatic carbocycles. The van der Waals surface area contributed by atoms with E-state index in [-0.39, 0.29) is 11.7 Å². The predicted octanol–water partition coefficient (Wildman–Crippen LogP) is 5.48. The van der Waals surface area contributed by atoms with Crippen LogP contribution in [0.3, 0.4) is 0 Å². The number of nitrogens with zero attached hydrogens (tertiary/aromatic N) is 2. The van der Waals surface area contributed by atoms with Crippen LogP contribution in [0.1, 0.15) is 12.5 Å². The molecule has 0 saturated heterocycles. The Morgan fingerprint density at radius 3 is 2.82 bits per heavy atom. The van der Waals surface area contributed by atoms with Crippen molar-refractivity contribution in [1.82, 2.24) is 10.2 Å². The summed E-state index contributed by atoms with van der Waals surface area (Å²) in [6.07, 6.45) is 0. The van der Waals surface area contributed by atoms with Crippen LogP contribution in [0, 0.1) is 6.92 Å². The van der Waals surface area contributed by atoms with Crippen LogP contribution >= 0.6 is 39.0 Å². The first-order chi connectivity index (χ1) is 13.5. The summed E-state index contributed by atoms with van der Waals surface area (Å²) in [5, 5.41) is 15.0. The first kappa shape index (κ1) is 20.6. The second-order valence-electron chi connectivity index (χ2n) is 5.75. The van der Waals surface area contributed by atoms with E-state index in [2.05, 4.69) is 36.8 Å². The zero-order valence-corrected chi connectivity index (χ0v) is 18.6. The molecule has 0 unspecified atom stereocenters. The van der Waals surface area contributed by atoms with E-state index < -0.39 is 0 Å². The second-order valence-corrected chi connectivity index (χ2v) is 8.80. The average Bonchev–Trinajstić information content (AvgIpc) is 3.12. The van der Waals surface area contributed by atoms with E-state index in [1.807, 2.05) is 56.3 Å². The number of hydrogen-bond donors (Lipinski definition) is 2. The SMILES string of the molecule is CCOc1ccccc1Nc1nnc(SCC(=O)Nc2ccc(C)cc2Br)s1. The van der Waals surface area contributed by atoms with Gasteiger partial charge in [0.25, 0.3) is 0 Å². The number of amides is 1. The van der Waals surface area contributed by atoms with Crippen molar-refractivity contribution in [3.63, 3.8) is 0 Å². The van der Waals surface area contributed by atoms with Crippen LogP contribution < -0.4 is 15.4 Å². The first-order valence-corrected chi connectivity index (χ1v) is 11.2. The van der Waals surface area contributed by atoms with Gasteiger partial charge in [-0.2, -0.15) is 0 Å². The molecule has 2 N–H and O–H groups in total. The zero-order chi connectivity index (χ0) is 19.9. The fourth-order valence-electron chi connectivity index (χ4n) is 2.32. The van der Waals surface area contributed by atoms with Crippen molar-refractivity contribution in [3.8, 4) is 5.75 Å². The number of carbonyl (C=O) groups is 1. The molecule has 6 nitrogen and oxygen atoms in total. The molecule has 0 aliphatic heterocycles. The van der Waals surface area contributed by atoms with Crippen LogP contribution in [0.2, 0.25) is 0 Å². The molecule has 0 spiro atoms. The van der Waals surface area contributed by atoms with Crippen LogP contribution in [-0.2, 0) is 4.79 Å². The number of aromatic nitrogens is 2. The molecular formula is C19H19BrN4O2S2. The Balaban J connectivity index is 1.55. The number of ether oxygens (including phenoxy) is 1. The third-order valence-corrected chi connectivity index (χ3v) is 6.19. The molecule has 1 amide bonds. The number of anilines is 3. The smallest absolute Gasteiger partial charge is 0.234 e. The van der Waals surface area contributed by atoms with Crippen LogP contribution in [0.15, 0.2) is 51.3 Å². The van der Waals surface area contributed by atoms with E-state index in [1.54, 1.807) is 0 Å². The van der Waals surface area contributed by atoms with E-state index in [9.17, 15) is 4.79 Å². The molecule has 146 valence electrons. The molecule has 0 radical (unpaired) electrons. The van der Waals surface area contributed by atoms with Crippen molar-refractivity contribution in [3.05, 3.63) is 52.5 Å². The standard InChI is InChI=1S/C19H19BrN4O2S2/c1-3-26-16-7-5-4-6-15(16)22-18-23-24-19(28-18)27-11-17(25)21-14-9-8-12(2)10-13(14)20/h4-10H,3,11H2,1-2H3,(H,21,25)(H,22,23). The van der Waals surface area contributed by atoms with E-state index in [4.69, 9.17) is 4.74 Å². The zero-order valence-electron chi connectivity index (χ0n) is 15.4. The third-order valence-electron chi connectivity index (χ3n) is 3.56. The lowest BCUT2D eigenvalue weighted by Gasteiger charge is -2.09. The number of rotatable bonds is 8. The van der Waals surface area contributed by atoms with Gasteiger partial charge < -0.3 is 15.4 Å². The minimum atomic E-state index is -0.0963. The number of nitrogens with one attached hydrogen (secondary N) is 2. The maximum absolute atomic E-state index is 12.2. The molecule has 0 aliphatic carbocycles. The molecular weight excluding hydrogens is 460 g/mol. The molecule has 0 bridgehead atoms. The Kier molecular flexibility index (Phi) is 7.30. The molecule has 1 aromatic heterocycles. The number of halogens is 1. The van der Waals surface area contributed by atoms with Crippen LogP contribution in [-0.4, -0.2) is 28.5 Å². The molecule has 9 heteroatoms. The summed E-state index contributed by atoms with van der Waals surface area (Å²) in [7, 11) is 0. The van der Waals surface area contributed by atoms with Crippen LogP contribution in [0.25, 0.3) is 0 Å². The Labute approximate surface area is 180 Å². The largest absolute Gasteiger partial charge is 0.492 e. The van der Waals surface area contributed by atoms with Crippen molar-refractivity contribution in [2.45, 2.75) is 18.2 Å². The number of thioether (sulfide) groups is 1. The van der Waals surface area contributed by atoms with Gasteiger partial charge in [-0.25, -0.2) is 0 Å². The minimum absolute atomic E-state index is 0.0963. The summed E-state index contributed by atoms with van der Waals surface area (Å²) < 4.78 is 7.18. The summed E-state index contributed by atoms with van der Waals surface area (Å²) in [6, 6.07) is 13.5. The maximum Gasteiger partial charge on any atom is 0.234 e. The van der Waals surface area contributed by atoms with Crippen LogP contribution in [0.4, 0.5) is 16.5 Å². The van der Waals surface area contributed by atoms with Crippen molar-refractivity contribution in [2.75, 3.05) is 23.0 Å². The normalized spacial score (nSPS) is 10.5. The topological polar surface area (TPSA) is 76.1 Å². The van der Waals surface area contributed by atoms with Gasteiger partial charge in [0.2, 0.25) is 11.0 Å². The van der Waals surface area contributed by atoms with Crippen molar-refractivity contribution < 1.29 is 9.53 Å². The molecule has 3 aromatic rings. The number of aryl methyl sites for hydroxylation is 1. The van der Waals surface area contributed by atoms with Gasteiger partial charge in [0.05, 0.1) is 23.7 Å². The van der Waals surface area contributed by atoms with E-state index in [0.29, 0.717) is 11.7 Å². The Hall–Kier alpha value is -2.10. The lowest BCUT2D eigenvalue weighted by Crippen LogP contribution is -2.14. The van der Waals surface area contributed by atoms with Gasteiger partial charge in [-0.3, -0.25) is 4.79 Å². The van der Waals surface area contributed by atoms with E-state index in [0.717, 1.165) is 31.5 Å². The summed E-state index contributed by atoms with van der Waals surface area (Å²) in [6.45, 7) is 4.53. The van der Waals surface area contributed by atoms with E-state index in [1.165, 1.54) is 23.1 Å². The summed E-state index contributed by atoms with van der Waals surface area (Å²) in [5.74, 6) is 0.920. The molecule has 0 fully saturated rings. The fourth-order valence-corrected chi connectivity index (χ4v) is 4.48. The highest BCUT2D eigenvalue weighted by Crippen LogP contribution is 2.32. The van der Waals surface area contributed by atoms with Crippen LogP contribution in [0.5, 0.6) is 5.75 Å². The van der Waals surface area contributed by atoms with Gasteiger partial charge in [-0.15, -0.1) is 10.2 Å². The molecule has 0 atom stereocenters. The van der Waals surface area contributed by atoms with Gasteiger partial charge in [0.15, 0.2) is 4.34 Å². The number of hydrogen-bond acceptors (Lipinski definition) is 7. The summed E-state index contributed by atoms with van der Waals surface area (Å²) in [5.41, 5.74) is 2.71. The molecule has 0 aliphatic rings. The van der Waals surface area contributed by atoms with Gasteiger partial charge in [-0.05, 0) is 59.6 Å². The van der Waals surface area contributed by atoms with Crippen molar-refractivity contribution >= 4 is 61.4 Å². The Bertz CT molecular complexity index is 965. The molecule has 3 rings (SSSR count). The van der Waals surface area contributed by atoms with Gasteiger partial charge in [0, 0.05) is 4.47 Å².